The van der Waals surface area contributed by atoms with Crippen molar-refractivity contribution in [2.75, 3.05) is 0 Å². The van der Waals surface area contributed by atoms with Crippen LogP contribution < -0.4 is 0 Å². The van der Waals surface area contributed by atoms with Crippen LogP contribution in [0.1, 0.15) is 23.5 Å². The van der Waals surface area contributed by atoms with E-state index in [9.17, 15) is 17.6 Å². The number of hydrogen-bond donors (Lipinski definition) is 0. The van der Waals surface area contributed by atoms with Gasteiger partial charge in [0.15, 0.2) is 6.17 Å². The topological polar surface area (TPSA) is 0 Å². The summed E-state index contributed by atoms with van der Waals surface area (Å²) in [5.74, 6) is -2.39. The molecule has 92 valence electrons. The predicted octanol–water partition coefficient (Wildman–Crippen LogP) is 4.15. The molecular formula is C13H12F4. The molecule has 0 fully saturated rings. The molecule has 0 bridgehead atoms. The third-order valence-corrected chi connectivity index (χ3v) is 2.98. The number of aryl methyl sites for hydroxylation is 1. The molecule has 1 aliphatic rings. The fraction of sp³-hybridized carbons (Fsp3) is 0.385. The van der Waals surface area contributed by atoms with Crippen molar-refractivity contribution in [1.29, 1.82) is 0 Å². The molecule has 0 nitrogen and oxygen atoms in total. The minimum atomic E-state index is -2.21. The van der Waals surface area contributed by atoms with E-state index in [1.165, 1.54) is 12.1 Å². The molecule has 0 heterocycles. The molecule has 3 atom stereocenters. The summed E-state index contributed by atoms with van der Waals surface area (Å²) in [4.78, 5) is 0. The van der Waals surface area contributed by atoms with Gasteiger partial charge < -0.3 is 0 Å². The first-order chi connectivity index (χ1) is 7.99. The van der Waals surface area contributed by atoms with Crippen molar-refractivity contribution in [1.82, 2.24) is 0 Å². The lowest BCUT2D eigenvalue weighted by molar-refractivity contribution is 0.147. The molecule has 0 spiro atoms. The Kier molecular flexibility index (Phi) is 3.22. The van der Waals surface area contributed by atoms with Gasteiger partial charge in [0.2, 0.25) is 0 Å². The number of rotatable bonds is 1. The molecule has 2 rings (SSSR count). The summed E-state index contributed by atoms with van der Waals surface area (Å²) in [6.45, 7) is 1.72. The van der Waals surface area contributed by atoms with Gasteiger partial charge in [0.25, 0.3) is 0 Å². The lowest BCUT2D eigenvalue weighted by atomic mass is 9.86. The van der Waals surface area contributed by atoms with E-state index in [4.69, 9.17) is 0 Å². The van der Waals surface area contributed by atoms with E-state index in [1.54, 1.807) is 13.0 Å². The van der Waals surface area contributed by atoms with E-state index in [2.05, 4.69) is 0 Å². The summed E-state index contributed by atoms with van der Waals surface area (Å²) < 4.78 is 52.8. The van der Waals surface area contributed by atoms with Gasteiger partial charge in [-0.05, 0) is 36.6 Å². The van der Waals surface area contributed by atoms with Crippen molar-refractivity contribution in [3.8, 4) is 0 Å². The summed E-state index contributed by atoms with van der Waals surface area (Å²) in [5.41, 5.74) is 0.937. The van der Waals surface area contributed by atoms with Crippen molar-refractivity contribution in [2.24, 2.45) is 0 Å². The smallest absolute Gasteiger partial charge is 0.182 e. The zero-order chi connectivity index (χ0) is 12.6. The van der Waals surface area contributed by atoms with Crippen LogP contribution in [0.15, 0.2) is 30.1 Å². The van der Waals surface area contributed by atoms with Gasteiger partial charge >= 0.3 is 0 Å². The van der Waals surface area contributed by atoms with Crippen molar-refractivity contribution >= 4 is 0 Å². The molecule has 0 radical (unpaired) electrons. The molecule has 0 aliphatic heterocycles. The highest BCUT2D eigenvalue weighted by atomic mass is 19.2. The van der Waals surface area contributed by atoms with Gasteiger partial charge in [0, 0.05) is 5.92 Å². The fourth-order valence-corrected chi connectivity index (χ4v) is 2.04. The largest absolute Gasteiger partial charge is 0.244 e. The van der Waals surface area contributed by atoms with Gasteiger partial charge in [-0.25, -0.2) is 17.6 Å². The second kappa shape index (κ2) is 4.51. The maximum atomic E-state index is 13.6. The zero-order valence-corrected chi connectivity index (χ0v) is 9.26. The highest BCUT2D eigenvalue weighted by molar-refractivity contribution is 5.32. The average molecular weight is 244 g/mol. The summed E-state index contributed by atoms with van der Waals surface area (Å²) in [7, 11) is 0. The van der Waals surface area contributed by atoms with Crippen LogP contribution >= 0.6 is 0 Å². The molecule has 1 aromatic carbocycles. The number of allylic oxidation sites excluding steroid dienone is 2. The van der Waals surface area contributed by atoms with Crippen LogP contribution in [0.3, 0.4) is 0 Å². The Morgan fingerprint density at radius 3 is 2.47 bits per heavy atom. The van der Waals surface area contributed by atoms with Crippen LogP contribution in [-0.2, 0) is 0 Å². The highest BCUT2D eigenvalue weighted by Crippen LogP contribution is 2.36. The molecule has 0 aromatic heterocycles. The summed E-state index contributed by atoms with van der Waals surface area (Å²) >= 11 is 0. The van der Waals surface area contributed by atoms with E-state index in [0.717, 1.165) is 11.6 Å². The van der Waals surface area contributed by atoms with Gasteiger partial charge in [0.05, 0.1) is 0 Å². The first-order valence-corrected chi connectivity index (χ1v) is 5.40. The van der Waals surface area contributed by atoms with Crippen LogP contribution in [0.2, 0.25) is 0 Å². The molecule has 1 aromatic rings. The maximum absolute atomic E-state index is 13.6. The van der Waals surface area contributed by atoms with E-state index >= 15 is 0 Å². The lowest BCUT2D eigenvalue weighted by Gasteiger charge is -2.24. The van der Waals surface area contributed by atoms with E-state index in [1.807, 2.05) is 0 Å². The molecule has 2 unspecified atom stereocenters. The summed E-state index contributed by atoms with van der Waals surface area (Å²) in [6, 6.07) is 4.46. The Labute approximate surface area is 97.0 Å². The molecule has 0 N–H and O–H groups in total. The normalized spacial score (nSPS) is 29.0. The lowest BCUT2D eigenvalue weighted by Crippen LogP contribution is -2.25. The highest BCUT2D eigenvalue weighted by Gasteiger charge is 2.34. The third kappa shape index (κ3) is 2.35. The van der Waals surface area contributed by atoms with E-state index in [0.29, 0.717) is 0 Å². The van der Waals surface area contributed by atoms with Gasteiger partial charge in [0.1, 0.15) is 17.8 Å². The second-order valence-corrected chi connectivity index (χ2v) is 4.34. The number of benzene rings is 1. The van der Waals surface area contributed by atoms with Gasteiger partial charge in [-0.15, -0.1) is 0 Å². The number of halogens is 4. The SMILES string of the molecule is Cc1ccc(C2C=C(F)[C@@H](F)C(F)C2)c(F)c1. The average Bonchev–Trinajstić information content (AvgIpc) is 2.25. The van der Waals surface area contributed by atoms with Gasteiger partial charge in [-0.3, -0.25) is 0 Å². The standard InChI is InChI=1S/C13H12F4/c1-7-2-3-9(10(14)4-7)8-5-11(15)13(17)12(16)6-8/h2-5,8,12-13H,6H2,1H3/t8?,12?,13-/m1/s1. The Morgan fingerprint density at radius 2 is 1.88 bits per heavy atom. The minimum absolute atomic E-state index is 0.209. The quantitative estimate of drug-likeness (QED) is 0.651. The van der Waals surface area contributed by atoms with E-state index < -0.39 is 29.9 Å². The van der Waals surface area contributed by atoms with Crippen LogP contribution in [0, 0.1) is 12.7 Å². The zero-order valence-electron chi connectivity index (χ0n) is 9.26. The Hall–Kier alpha value is -1.32. The van der Waals surface area contributed by atoms with E-state index in [-0.39, 0.29) is 12.0 Å². The van der Waals surface area contributed by atoms with Gasteiger partial charge in [-0.1, -0.05) is 12.1 Å². The number of hydrogen-bond acceptors (Lipinski definition) is 0. The molecule has 17 heavy (non-hydrogen) atoms. The van der Waals surface area contributed by atoms with Crippen LogP contribution in [0.5, 0.6) is 0 Å². The predicted molar refractivity (Wildman–Crippen MR) is 57.5 cm³/mol. The molecule has 0 saturated carbocycles. The van der Waals surface area contributed by atoms with Crippen molar-refractivity contribution in [3.05, 3.63) is 47.0 Å². The Morgan fingerprint density at radius 1 is 1.18 bits per heavy atom. The minimum Gasteiger partial charge on any atom is -0.244 e. The molecule has 1 aliphatic carbocycles. The summed E-state index contributed by atoms with van der Waals surface area (Å²) in [6.07, 6.45) is -3.38. The molecule has 0 saturated heterocycles. The maximum Gasteiger partial charge on any atom is 0.182 e. The third-order valence-electron chi connectivity index (χ3n) is 2.98. The van der Waals surface area contributed by atoms with Crippen molar-refractivity contribution < 1.29 is 17.6 Å². The van der Waals surface area contributed by atoms with Crippen molar-refractivity contribution in [3.63, 3.8) is 0 Å². The van der Waals surface area contributed by atoms with Gasteiger partial charge in [-0.2, -0.15) is 0 Å². The number of alkyl halides is 2. The Balaban J connectivity index is 2.35. The first kappa shape index (κ1) is 12.1. The molecule has 4 heteroatoms. The second-order valence-electron chi connectivity index (χ2n) is 4.34. The van der Waals surface area contributed by atoms with Crippen LogP contribution in [-0.4, -0.2) is 12.3 Å². The summed E-state index contributed by atoms with van der Waals surface area (Å²) in [5, 5.41) is 0. The van der Waals surface area contributed by atoms with Crippen molar-refractivity contribution in [2.45, 2.75) is 31.6 Å². The van der Waals surface area contributed by atoms with Crippen LogP contribution in [0.4, 0.5) is 17.6 Å². The monoisotopic (exact) mass is 244 g/mol. The first-order valence-electron chi connectivity index (χ1n) is 5.40. The molecule has 0 amide bonds. The Bertz CT molecular complexity index is 453. The van der Waals surface area contributed by atoms with Crippen LogP contribution in [0.25, 0.3) is 0 Å². The molecular weight excluding hydrogens is 232 g/mol. The fourth-order valence-electron chi connectivity index (χ4n) is 2.04.